The zero-order chi connectivity index (χ0) is 30.1. The molecule has 0 spiro atoms. The number of aromatic nitrogens is 5. The number of aryl methyl sites for hydroxylation is 2. The number of hydrogen-bond acceptors (Lipinski definition) is 8. The number of nitrogens with one attached hydrogen (secondary N) is 1. The molecule has 0 amide bonds. The summed E-state index contributed by atoms with van der Waals surface area (Å²) in [6, 6.07) is 5.70. The molecule has 0 saturated heterocycles. The fraction of sp³-hybridized carbons (Fsp3) is 0.400. The molecule has 1 aliphatic heterocycles. The van der Waals surface area contributed by atoms with E-state index in [0.717, 1.165) is 34.4 Å². The third kappa shape index (κ3) is 5.71. The molecule has 0 radical (unpaired) electrons. The Morgan fingerprint density at radius 3 is 2.83 bits per heavy atom. The molecule has 1 aromatic carbocycles. The van der Waals surface area contributed by atoms with Gasteiger partial charge >= 0.3 is 5.97 Å². The molecular weight excluding hydrogens is 561 g/mol. The molecule has 0 aliphatic carbocycles. The standard InChI is InChI=1S/C30H35ClFN7O3/c1-6-16(3)25(33)30(40)41-15-35-29-24-11-18(13-34-29)27-23(28(31)37-39(27)7-2)10-19-14-38(5)36-26(19)21-9-8-20(32)12-22(21)17(4)42-24/h8-9,11-14,16-17,25H,6-7,10,15,33H2,1-5H3,(H,34,35)/t16?,17-,25?/m1/s1. The quantitative estimate of drug-likeness (QED) is 0.212. The largest absolute Gasteiger partial charge is 0.482 e. The van der Waals surface area contributed by atoms with Gasteiger partial charge in [-0.25, -0.2) is 9.37 Å². The first kappa shape index (κ1) is 29.5. The lowest BCUT2D eigenvalue weighted by atomic mass is 9.94. The maximum Gasteiger partial charge on any atom is 0.324 e. The highest BCUT2D eigenvalue weighted by atomic mass is 35.5. The topological polar surface area (TPSA) is 122 Å². The molecule has 222 valence electrons. The van der Waals surface area contributed by atoms with Crippen LogP contribution in [-0.4, -0.2) is 43.3 Å². The Kier molecular flexibility index (Phi) is 8.51. The molecule has 3 atom stereocenters. The van der Waals surface area contributed by atoms with Crippen molar-refractivity contribution in [1.82, 2.24) is 24.5 Å². The molecule has 4 heterocycles. The van der Waals surface area contributed by atoms with Crippen molar-refractivity contribution in [1.29, 1.82) is 0 Å². The van der Waals surface area contributed by atoms with E-state index in [4.69, 9.17) is 31.9 Å². The fourth-order valence-corrected chi connectivity index (χ4v) is 5.40. The van der Waals surface area contributed by atoms with E-state index in [-0.39, 0.29) is 12.6 Å². The first-order chi connectivity index (χ1) is 20.1. The van der Waals surface area contributed by atoms with E-state index in [9.17, 15) is 9.18 Å². The molecular formula is C30H35ClFN7O3. The molecule has 1 aliphatic rings. The van der Waals surface area contributed by atoms with Crippen molar-refractivity contribution >= 4 is 23.4 Å². The van der Waals surface area contributed by atoms with Crippen LogP contribution in [0.15, 0.2) is 36.7 Å². The van der Waals surface area contributed by atoms with Gasteiger partial charge in [-0.2, -0.15) is 10.2 Å². The minimum Gasteiger partial charge on any atom is -0.482 e. The van der Waals surface area contributed by atoms with Gasteiger partial charge in [0.25, 0.3) is 0 Å². The van der Waals surface area contributed by atoms with Crippen LogP contribution >= 0.6 is 11.6 Å². The van der Waals surface area contributed by atoms with E-state index >= 15 is 0 Å². The maximum atomic E-state index is 14.6. The van der Waals surface area contributed by atoms with Crippen molar-refractivity contribution in [3.05, 3.63) is 64.3 Å². The second-order valence-corrected chi connectivity index (χ2v) is 10.9. The summed E-state index contributed by atoms with van der Waals surface area (Å²) in [5.74, 6) is -0.187. The summed E-state index contributed by atoms with van der Waals surface area (Å²) in [5, 5.41) is 12.7. The summed E-state index contributed by atoms with van der Waals surface area (Å²) >= 11 is 6.72. The molecule has 42 heavy (non-hydrogen) atoms. The summed E-state index contributed by atoms with van der Waals surface area (Å²) in [7, 11) is 1.85. The highest BCUT2D eigenvalue weighted by molar-refractivity contribution is 6.30. The molecule has 5 rings (SSSR count). The lowest BCUT2D eigenvalue weighted by Gasteiger charge is -2.22. The SMILES string of the molecule is CCC(C)C(N)C(=O)OCNc1ncc2cc1O[C@H](C)c1cc(F)ccc1-c1nn(C)cc1Cc1c(Cl)nn(CC)c1-2. The number of esters is 1. The van der Waals surface area contributed by atoms with E-state index in [1.165, 1.54) is 12.1 Å². The van der Waals surface area contributed by atoms with Crippen LogP contribution in [0.2, 0.25) is 5.15 Å². The Morgan fingerprint density at radius 2 is 2.10 bits per heavy atom. The fourth-order valence-electron chi connectivity index (χ4n) is 5.16. The monoisotopic (exact) mass is 595 g/mol. The number of fused-ring (bicyclic) bond motifs is 7. The second-order valence-electron chi connectivity index (χ2n) is 10.5. The van der Waals surface area contributed by atoms with Gasteiger partial charge in [-0.15, -0.1) is 0 Å². The van der Waals surface area contributed by atoms with Crippen molar-refractivity contribution in [3.8, 4) is 28.3 Å². The van der Waals surface area contributed by atoms with Gasteiger partial charge in [0.05, 0.1) is 11.4 Å². The molecule has 2 bridgehead atoms. The van der Waals surface area contributed by atoms with Crippen LogP contribution in [0.3, 0.4) is 0 Å². The third-order valence-electron chi connectivity index (χ3n) is 7.69. The zero-order valence-corrected chi connectivity index (χ0v) is 25.1. The van der Waals surface area contributed by atoms with Crippen molar-refractivity contribution in [2.24, 2.45) is 18.7 Å². The predicted octanol–water partition coefficient (Wildman–Crippen LogP) is 5.49. The van der Waals surface area contributed by atoms with Crippen molar-refractivity contribution in [2.45, 2.75) is 59.2 Å². The van der Waals surface area contributed by atoms with Gasteiger partial charge in [0.2, 0.25) is 0 Å². The van der Waals surface area contributed by atoms with E-state index < -0.39 is 23.9 Å². The van der Waals surface area contributed by atoms with Crippen LogP contribution in [0.4, 0.5) is 10.2 Å². The van der Waals surface area contributed by atoms with E-state index in [1.54, 1.807) is 16.9 Å². The van der Waals surface area contributed by atoms with Gasteiger partial charge in [0, 0.05) is 60.2 Å². The minimum atomic E-state index is -0.728. The second kappa shape index (κ2) is 12.1. The number of carbonyl (C=O) groups excluding carboxylic acids is 1. The average molecular weight is 596 g/mol. The molecule has 10 nitrogen and oxygen atoms in total. The van der Waals surface area contributed by atoms with Gasteiger partial charge in [0.15, 0.2) is 23.5 Å². The van der Waals surface area contributed by atoms with E-state index in [2.05, 4.69) is 15.4 Å². The number of hydrogen-bond donors (Lipinski definition) is 2. The Bertz CT molecular complexity index is 1620. The Morgan fingerprint density at radius 1 is 1.31 bits per heavy atom. The third-order valence-corrected chi connectivity index (χ3v) is 8.00. The molecule has 0 saturated carbocycles. The van der Waals surface area contributed by atoms with Crippen LogP contribution in [0, 0.1) is 11.7 Å². The summed E-state index contributed by atoms with van der Waals surface area (Å²) < 4.78 is 30.0. The maximum absolute atomic E-state index is 14.6. The van der Waals surface area contributed by atoms with Crippen LogP contribution in [0.25, 0.3) is 22.5 Å². The summed E-state index contributed by atoms with van der Waals surface area (Å²) in [6.45, 7) is 8.11. The average Bonchev–Trinajstić information content (AvgIpc) is 3.50. The van der Waals surface area contributed by atoms with E-state index in [0.29, 0.717) is 40.9 Å². The number of rotatable bonds is 7. The molecule has 2 unspecified atom stereocenters. The van der Waals surface area contributed by atoms with Gasteiger partial charge in [-0.3, -0.25) is 14.2 Å². The van der Waals surface area contributed by atoms with Crippen LogP contribution in [0.1, 0.15) is 56.9 Å². The minimum absolute atomic E-state index is 0.0160. The number of benzene rings is 1. The van der Waals surface area contributed by atoms with Crippen molar-refractivity contribution in [3.63, 3.8) is 0 Å². The summed E-state index contributed by atoms with van der Waals surface area (Å²) in [6.07, 6.45) is 4.24. The number of carbonyl (C=O) groups is 1. The van der Waals surface area contributed by atoms with Crippen LogP contribution in [-0.2, 0) is 29.5 Å². The number of nitrogens with zero attached hydrogens (tertiary/aromatic N) is 5. The van der Waals surface area contributed by atoms with Crippen molar-refractivity contribution < 1.29 is 18.7 Å². The first-order valence-corrected chi connectivity index (χ1v) is 14.4. The van der Waals surface area contributed by atoms with Crippen LogP contribution < -0.4 is 15.8 Å². The molecule has 3 aromatic heterocycles. The smallest absolute Gasteiger partial charge is 0.324 e. The van der Waals surface area contributed by atoms with Gasteiger partial charge in [-0.1, -0.05) is 31.9 Å². The van der Waals surface area contributed by atoms with Gasteiger partial charge in [0.1, 0.15) is 18.0 Å². The zero-order valence-electron chi connectivity index (χ0n) is 24.3. The van der Waals surface area contributed by atoms with Crippen LogP contribution in [0.5, 0.6) is 5.75 Å². The summed E-state index contributed by atoms with van der Waals surface area (Å²) in [5.41, 5.74) is 11.4. The number of ether oxygens (including phenoxy) is 2. The highest BCUT2D eigenvalue weighted by Crippen LogP contribution is 2.40. The normalized spacial score (nSPS) is 15.7. The van der Waals surface area contributed by atoms with Gasteiger partial charge in [-0.05, 0) is 44.0 Å². The number of anilines is 1. The lowest BCUT2D eigenvalue weighted by molar-refractivity contribution is -0.145. The molecule has 4 aromatic rings. The number of nitrogens with two attached hydrogens (primary N) is 1. The molecule has 3 N–H and O–H groups in total. The molecule has 12 heteroatoms. The number of pyridine rings is 1. The first-order valence-electron chi connectivity index (χ1n) is 14.0. The Balaban J connectivity index is 1.60. The Labute approximate surface area is 249 Å². The predicted molar refractivity (Wildman–Crippen MR) is 159 cm³/mol. The van der Waals surface area contributed by atoms with E-state index in [1.807, 2.05) is 51.7 Å². The number of halogens is 2. The highest BCUT2D eigenvalue weighted by Gasteiger charge is 2.27. The lowest BCUT2D eigenvalue weighted by Crippen LogP contribution is -2.38. The van der Waals surface area contributed by atoms with Gasteiger partial charge < -0.3 is 20.5 Å². The van der Waals surface area contributed by atoms with Crippen molar-refractivity contribution in [2.75, 3.05) is 12.0 Å². The molecule has 0 fully saturated rings. The summed E-state index contributed by atoms with van der Waals surface area (Å²) in [4.78, 5) is 17.1. The Hall–Kier alpha value is -3.96.